The molecule has 0 unspecified atom stereocenters. The van der Waals surface area contributed by atoms with Crippen LogP contribution in [-0.2, 0) is 16.1 Å². The summed E-state index contributed by atoms with van der Waals surface area (Å²) in [6.07, 6.45) is 1.73. The minimum absolute atomic E-state index is 0.00194. The molecule has 0 aliphatic heterocycles. The summed E-state index contributed by atoms with van der Waals surface area (Å²) in [5, 5.41) is 14.4. The molecule has 5 N–H and O–H groups in total. The molecule has 0 radical (unpaired) electrons. The fraction of sp³-hybridized carbons (Fsp3) is 0.467. The summed E-state index contributed by atoms with van der Waals surface area (Å²) in [6, 6.07) is 5.02. The van der Waals surface area contributed by atoms with E-state index in [9.17, 15) is 14.0 Å². The van der Waals surface area contributed by atoms with Crippen LogP contribution in [0.2, 0.25) is 0 Å². The standard InChI is InChI=1S/C15H22FN3O3/c16-12-6-4-11(5-7-12)9-18-10-14(20)19-13(15(21)22)3-1-2-8-17/h4-7,13,18H,1-3,8-10,17H2,(H,19,20)(H,21,22)/t13-/m0/s1. The Balaban J connectivity index is 2.30. The van der Waals surface area contributed by atoms with Crippen molar-refractivity contribution in [3.05, 3.63) is 35.6 Å². The van der Waals surface area contributed by atoms with Crippen LogP contribution >= 0.6 is 0 Å². The highest BCUT2D eigenvalue weighted by atomic mass is 19.1. The van der Waals surface area contributed by atoms with E-state index in [1.54, 1.807) is 12.1 Å². The Bertz CT molecular complexity index is 479. The largest absolute Gasteiger partial charge is 0.480 e. The van der Waals surface area contributed by atoms with Crippen LogP contribution in [-0.4, -0.2) is 36.1 Å². The van der Waals surface area contributed by atoms with Gasteiger partial charge in [0.05, 0.1) is 6.54 Å². The number of carboxylic acid groups (broad SMARTS) is 1. The molecule has 1 aromatic rings. The average molecular weight is 311 g/mol. The second kappa shape index (κ2) is 9.86. The van der Waals surface area contributed by atoms with Crippen LogP contribution in [0.1, 0.15) is 24.8 Å². The molecule has 0 aliphatic carbocycles. The van der Waals surface area contributed by atoms with Crippen LogP contribution in [0, 0.1) is 5.82 Å². The number of carbonyl (C=O) groups excluding carboxylic acids is 1. The lowest BCUT2D eigenvalue weighted by Gasteiger charge is -2.14. The van der Waals surface area contributed by atoms with Gasteiger partial charge in [-0.15, -0.1) is 0 Å². The molecular formula is C15H22FN3O3. The Morgan fingerprint density at radius 3 is 2.50 bits per heavy atom. The van der Waals surface area contributed by atoms with Crippen molar-refractivity contribution in [3.8, 4) is 0 Å². The zero-order chi connectivity index (χ0) is 16.4. The summed E-state index contributed by atoms with van der Waals surface area (Å²) >= 11 is 0. The van der Waals surface area contributed by atoms with Gasteiger partial charge in [-0.25, -0.2) is 9.18 Å². The van der Waals surface area contributed by atoms with Crippen molar-refractivity contribution < 1.29 is 19.1 Å². The Hall–Kier alpha value is -1.99. The summed E-state index contributed by atoms with van der Waals surface area (Å²) in [5.41, 5.74) is 6.19. The molecule has 1 rings (SSSR count). The van der Waals surface area contributed by atoms with E-state index in [1.807, 2.05) is 0 Å². The van der Waals surface area contributed by atoms with Crippen LogP contribution in [0.15, 0.2) is 24.3 Å². The van der Waals surface area contributed by atoms with E-state index < -0.39 is 12.0 Å². The number of carbonyl (C=O) groups is 2. The van der Waals surface area contributed by atoms with Gasteiger partial charge in [-0.05, 0) is 43.5 Å². The maximum absolute atomic E-state index is 12.7. The average Bonchev–Trinajstić information content (AvgIpc) is 2.48. The SMILES string of the molecule is NCCCC[C@H](NC(=O)CNCc1ccc(F)cc1)C(=O)O. The molecule has 0 aliphatic rings. The van der Waals surface area contributed by atoms with Crippen LogP contribution < -0.4 is 16.4 Å². The molecule has 22 heavy (non-hydrogen) atoms. The quantitative estimate of drug-likeness (QED) is 0.474. The first-order chi connectivity index (χ1) is 10.5. The van der Waals surface area contributed by atoms with Gasteiger partial charge in [0.15, 0.2) is 0 Å². The first-order valence-corrected chi connectivity index (χ1v) is 7.20. The zero-order valence-electron chi connectivity index (χ0n) is 12.3. The van der Waals surface area contributed by atoms with Crippen molar-refractivity contribution in [2.24, 2.45) is 5.73 Å². The normalized spacial score (nSPS) is 11.9. The number of hydrogen-bond donors (Lipinski definition) is 4. The maximum atomic E-state index is 12.7. The first-order valence-electron chi connectivity index (χ1n) is 7.20. The molecule has 1 atom stereocenters. The van der Waals surface area contributed by atoms with Gasteiger partial charge in [-0.1, -0.05) is 12.1 Å². The molecule has 0 heterocycles. The van der Waals surface area contributed by atoms with Gasteiger partial charge in [-0.3, -0.25) is 4.79 Å². The number of amides is 1. The highest BCUT2D eigenvalue weighted by molar-refractivity contribution is 5.84. The summed E-state index contributed by atoms with van der Waals surface area (Å²) in [4.78, 5) is 22.8. The second-order valence-electron chi connectivity index (χ2n) is 4.97. The number of carboxylic acids is 1. The number of aliphatic carboxylic acids is 1. The number of halogens is 1. The van der Waals surface area contributed by atoms with Gasteiger partial charge in [0.2, 0.25) is 5.91 Å². The van der Waals surface area contributed by atoms with Crippen molar-refractivity contribution in [1.29, 1.82) is 0 Å². The van der Waals surface area contributed by atoms with E-state index in [0.29, 0.717) is 25.9 Å². The molecular weight excluding hydrogens is 289 g/mol. The van der Waals surface area contributed by atoms with Gasteiger partial charge >= 0.3 is 5.97 Å². The van der Waals surface area contributed by atoms with Crippen molar-refractivity contribution in [2.75, 3.05) is 13.1 Å². The number of hydrogen-bond acceptors (Lipinski definition) is 4. The highest BCUT2D eigenvalue weighted by Crippen LogP contribution is 2.02. The lowest BCUT2D eigenvalue weighted by atomic mass is 10.1. The molecule has 1 aromatic carbocycles. The van der Waals surface area contributed by atoms with Gasteiger partial charge in [0, 0.05) is 6.54 Å². The second-order valence-corrected chi connectivity index (χ2v) is 4.97. The van der Waals surface area contributed by atoms with E-state index >= 15 is 0 Å². The number of unbranched alkanes of at least 4 members (excludes halogenated alkanes) is 1. The molecule has 7 heteroatoms. The third-order valence-corrected chi connectivity index (χ3v) is 3.11. The number of benzene rings is 1. The predicted octanol–water partition coefficient (Wildman–Crippen LogP) is 0.614. The van der Waals surface area contributed by atoms with Crippen molar-refractivity contribution >= 4 is 11.9 Å². The number of nitrogens with two attached hydrogens (primary N) is 1. The lowest BCUT2D eigenvalue weighted by molar-refractivity contribution is -0.141. The zero-order valence-corrected chi connectivity index (χ0v) is 12.3. The Morgan fingerprint density at radius 1 is 1.23 bits per heavy atom. The van der Waals surface area contributed by atoms with Crippen LogP contribution in [0.5, 0.6) is 0 Å². The summed E-state index contributed by atoms with van der Waals surface area (Å²) in [7, 11) is 0. The number of rotatable bonds is 10. The summed E-state index contributed by atoms with van der Waals surface area (Å²) in [5.74, 6) is -1.76. The Kier molecular flexibility index (Phi) is 8.09. The Morgan fingerprint density at radius 2 is 1.91 bits per heavy atom. The molecule has 0 fully saturated rings. The molecule has 0 bridgehead atoms. The van der Waals surface area contributed by atoms with Gasteiger partial charge in [0.1, 0.15) is 11.9 Å². The van der Waals surface area contributed by atoms with E-state index in [-0.39, 0.29) is 18.3 Å². The van der Waals surface area contributed by atoms with E-state index in [2.05, 4.69) is 10.6 Å². The maximum Gasteiger partial charge on any atom is 0.326 e. The molecule has 0 saturated heterocycles. The summed E-state index contributed by atoms with van der Waals surface area (Å²) < 4.78 is 12.7. The molecule has 0 saturated carbocycles. The smallest absolute Gasteiger partial charge is 0.326 e. The highest BCUT2D eigenvalue weighted by Gasteiger charge is 2.18. The minimum atomic E-state index is -1.05. The third-order valence-electron chi connectivity index (χ3n) is 3.11. The molecule has 0 spiro atoms. The fourth-order valence-corrected chi connectivity index (χ4v) is 1.92. The van der Waals surface area contributed by atoms with Crippen molar-refractivity contribution in [1.82, 2.24) is 10.6 Å². The van der Waals surface area contributed by atoms with E-state index in [1.165, 1.54) is 12.1 Å². The van der Waals surface area contributed by atoms with Gasteiger partial charge in [0.25, 0.3) is 0 Å². The van der Waals surface area contributed by atoms with Crippen molar-refractivity contribution in [3.63, 3.8) is 0 Å². The van der Waals surface area contributed by atoms with Crippen LogP contribution in [0.25, 0.3) is 0 Å². The van der Waals surface area contributed by atoms with Gasteiger partial charge in [-0.2, -0.15) is 0 Å². The third kappa shape index (κ3) is 7.14. The summed E-state index contributed by atoms with van der Waals surface area (Å²) in [6.45, 7) is 0.899. The predicted molar refractivity (Wildman–Crippen MR) is 80.6 cm³/mol. The Labute approximate surface area is 128 Å². The first kappa shape index (κ1) is 18.1. The van der Waals surface area contributed by atoms with Crippen LogP contribution in [0.4, 0.5) is 4.39 Å². The topological polar surface area (TPSA) is 104 Å². The van der Waals surface area contributed by atoms with E-state index in [4.69, 9.17) is 10.8 Å². The van der Waals surface area contributed by atoms with E-state index in [0.717, 1.165) is 12.0 Å². The molecule has 6 nitrogen and oxygen atoms in total. The van der Waals surface area contributed by atoms with Gasteiger partial charge < -0.3 is 21.5 Å². The number of nitrogens with one attached hydrogen (secondary N) is 2. The lowest BCUT2D eigenvalue weighted by Crippen LogP contribution is -2.44. The molecule has 122 valence electrons. The minimum Gasteiger partial charge on any atom is -0.480 e. The molecule has 1 amide bonds. The van der Waals surface area contributed by atoms with Crippen LogP contribution in [0.3, 0.4) is 0 Å². The fourth-order valence-electron chi connectivity index (χ4n) is 1.92. The monoisotopic (exact) mass is 311 g/mol. The molecule has 0 aromatic heterocycles. The van der Waals surface area contributed by atoms with Crippen molar-refractivity contribution in [2.45, 2.75) is 31.8 Å².